The third-order valence-corrected chi connectivity index (χ3v) is 3.01. The van der Waals surface area contributed by atoms with E-state index >= 15 is 0 Å². The summed E-state index contributed by atoms with van der Waals surface area (Å²) in [6.07, 6.45) is 1.45. The molecule has 2 aromatic rings. The predicted molar refractivity (Wildman–Crippen MR) is 74.2 cm³/mol. The number of hydrogen-bond acceptors (Lipinski definition) is 4. The molecule has 0 fully saturated rings. The molecule has 4 heteroatoms. The molecule has 0 aliphatic heterocycles. The van der Waals surface area contributed by atoms with Crippen molar-refractivity contribution in [1.29, 1.82) is 0 Å². The van der Waals surface area contributed by atoms with Crippen molar-refractivity contribution in [2.75, 3.05) is 7.11 Å². The van der Waals surface area contributed by atoms with Gasteiger partial charge in [0.05, 0.1) is 19.0 Å². The van der Waals surface area contributed by atoms with Crippen molar-refractivity contribution >= 4 is 0 Å². The lowest BCUT2D eigenvalue weighted by Crippen LogP contribution is -2.18. The van der Waals surface area contributed by atoms with E-state index in [2.05, 4.69) is 17.2 Å². The summed E-state index contributed by atoms with van der Waals surface area (Å²) in [5, 5.41) is 12.6. The number of pyridine rings is 1. The molecule has 0 radical (unpaired) electrons. The van der Waals surface area contributed by atoms with Crippen LogP contribution in [0.1, 0.15) is 24.2 Å². The minimum Gasteiger partial charge on any atom is -0.506 e. The minimum atomic E-state index is 0.187. The summed E-state index contributed by atoms with van der Waals surface area (Å²) in [6.45, 7) is 2.76. The number of hydrogen-bond donors (Lipinski definition) is 2. The summed E-state index contributed by atoms with van der Waals surface area (Å²) >= 11 is 0. The summed E-state index contributed by atoms with van der Waals surface area (Å²) < 4.78 is 5.14. The lowest BCUT2D eigenvalue weighted by Gasteiger charge is -2.14. The maximum Gasteiger partial charge on any atom is 0.133 e. The molecule has 1 aromatic carbocycles. The van der Waals surface area contributed by atoms with Crippen LogP contribution >= 0.6 is 0 Å². The van der Waals surface area contributed by atoms with Gasteiger partial charge in [-0.3, -0.25) is 4.98 Å². The van der Waals surface area contributed by atoms with E-state index in [-0.39, 0.29) is 11.8 Å². The van der Waals surface area contributed by atoms with Crippen LogP contribution < -0.4 is 10.1 Å². The molecule has 0 unspecified atom stereocenters. The number of rotatable bonds is 5. The van der Waals surface area contributed by atoms with Crippen LogP contribution in [-0.2, 0) is 6.54 Å². The van der Waals surface area contributed by atoms with Crippen LogP contribution in [0.5, 0.6) is 11.5 Å². The van der Waals surface area contributed by atoms with Crippen molar-refractivity contribution in [2.24, 2.45) is 0 Å². The standard InChI is InChI=1S/C15H18N2O2/c1-11(12-3-7-15(19-2)8-4-12)16-9-13-5-6-14(18)10-17-13/h3-8,10-11,16,18H,9H2,1-2H3/t11-/m0/s1. The Labute approximate surface area is 113 Å². The monoisotopic (exact) mass is 258 g/mol. The van der Waals surface area contributed by atoms with Crippen LogP contribution in [0.15, 0.2) is 42.6 Å². The second-order valence-corrected chi connectivity index (χ2v) is 4.38. The van der Waals surface area contributed by atoms with Gasteiger partial charge in [0.25, 0.3) is 0 Å². The zero-order chi connectivity index (χ0) is 13.7. The van der Waals surface area contributed by atoms with Crippen LogP contribution in [0.2, 0.25) is 0 Å². The Hall–Kier alpha value is -2.07. The van der Waals surface area contributed by atoms with E-state index in [0.29, 0.717) is 6.54 Å². The fraction of sp³-hybridized carbons (Fsp3) is 0.267. The van der Waals surface area contributed by atoms with E-state index in [1.165, 1.54) is 11.8 Å². The Morgan fingerprint density at radius 3 is 2.53 bits per heavy atom. The molecule has 1 heterocycles. The van der Waals surface area contributed by atoms with Gasteiger partial charge in [0.2, 0.25) is 0 Å². The Bertz CT molecular complexity index is 509. The zero-order valence-corrected chi connectivity index (χ0v) is 11.1. The third kappa shape index (κ3) is 3.69. The Balaban J connectivity index is 1.93. The highest BCUT2D eigenvalue weighted by molar-refractivity contribution is 5.28. The van der Waals surface area contributed by atoms with Crippen LogP contribution in [0, 0.1) is 0 Å². The molecule has 2 N–H and O–H groups in total. The first-order chi connectivity index (χ1) is 9.19. The molecule has 100 valence electrons. The molecule has 1 aromatic heterocycles. The smallest absolute Gasteiger partial charge is 0.133 e. The van der Waals surface area contributed by atoms with Crippen LogP contribution in [-0.4, -0.2) is 17.2 Å². The topological polar surface area (TPSA) is 54.4 Å². The molecule has 0 saturated carbocycles. The van der Waals surface area contributed by atoms with E-state index < -0.39 is 0 Å². The van der Waals surface area contributed by atoms with Crippen molar-refractivity contribution in [2.45, 2.75) is 19.5 Å². The van der Waals surface area contributed by atoms with Gasteiger partial charge in [0, 0.05) is 12.6 Å². The number of aromatic hydroxyl groups is 1. The SMILES string of the molecule is COc1ccc([C@H](C)NCc2ccc(O)cn2)cc1. The lowest BCUT2D eigenvalue weighted by atomic mass is 10.1. The third-order valence-electron chi connectivity index (χ3n) is 3.01. The highest BCUT2D eigenvalue weighted by Crippen LogP contribution is 2.17. The minimum absolute atomic E-state index is 0.187. The normalized spacial score (nSPS) is 12.1. The highest BCUT2D eigenvalue weighted by atomic mass is 16.5. The molecule has 4 nitrogen and oxygen atoms in total. The molecular formula is C15H18N2O2. The number of methoxy groups -OCH3 is 1. The van der Waals surface area contributed by atoms with E-state index in [4.69, 9.17) is 9.84 Å². The molecule has 0 saturated heterocycles. The predicted octanol–water partition coefficient (Wildman–Crippen LogP) is 2.65. The van der Waals surface area contributed by atoms with Gasteiger partial charge >= 0.3 is 0 Å². The molecular weight excluding hydrogens is 240 g/mol. The Kier molecular flexibility index (Phi) is 4.36. The number of benzene rings is 1. The van der Waals surface area contributed by atoms with Crippen molar-refractivity contribution in [3.8, 4) is 11.5 Å². The van der Waals surface area contributed by atoms with Gasteiger partial charge in [-0.05, 0) is 36.8 Å². The number of nitrogens with zero attached hydrogens (tertiary/aromatic N) is 1. The molecule has 0 bridgehead atoms. The zero-order valence-electron chi connectivity index (χ0n) is 11.1. The fourth-order valence-electron chi connectivity index (χ4n) is 1.79. The first kappa shape index (κ1) is 13.4. The van der Waals surface area contributed by atoms with Gasteiger partial charge in [-0.15, -0.1) is 0 Å². The van der Waals surface area contributed by atoms with Crippen LogP contribution in [0.4, 0.5) is 0 Å². The molecule has 1 atom stereocenters. The van der Waals surface area contributed by atoms with Gasteiger partial charge in [-0.2, -0.15) is 0 Å². The average molecular weight is 258 g/mol. The largest absolute Gasteiger partial charge is 0.506 e. The van der Waals surface area contributed by atoms with E-state index in [9.17, 15) is 0 Å². The summed E-state index contributed by atoms with van der Waals surface area (Å²) in [5.41, 5.74) is 2.10. The lowest BCUT2D eigenvalue weighted by molar-refractivity contribution is 0.414. The maximum atomic E-state index is 9.17. The highest BCUT2D eigenvalue weighted by Gasteiger charge is 2.05. The second kappa shape index (κ2) is 6.20. The Morgan fingerprint density at radius 2 is 1.95 bits per heavy atom. The van der Waals surface area contributed by atoms with Crippen LogP contribution in [0.25, 0.3) is 0 Å². The number of nitrogens with one attached hydrogen (secondary N) is 1. The van der Waals surface area contributed by atoms with E-state index in [0.717, 1.165) is 11.4 Å². The first-order valence-electron chi connectivity index (χ1n) is 6.20. The van der Waals surface area contributed by atoms with Gasteiger partial charge in [-0.1, -0.05) is 12.1 Å². The van der Waals surface area contributed by atoms with Crippen molar-refractivity contribution in [3.63, 3.8) is 0 Å². The van der Waals surface area contributed by atoms with Crippen LogP contribution in [0.3, 0.4) is 0 Å². The van der Waals surface area contributed by atoms with E-state index in [1.807, 2.05) is 30.3 Å². The average Bonchev–Trinajstić information content (AvgIpc) is 2.46. The quantitative estimate of drug-likeness (QED) is 0.865. The van der Waals surface area contributed by atoms with Crippen molar-refractivity contribution in [1.82, 2.24) is 10.3 Å². The molecule has 0 aliphatic rings. The van der Waals surface area contributed by atoms with Crippen molar-refractivity contribution < 1.29 is 9.84 Å². The maximum absolute atomic E-state index is 9.17. The second-order valence-electron chi connectivity index (χ2n) is 4.38. The molecule has 0 amide bonds. The van der Waals surface area contributed by atoms with Gasteiger partial charge in [0.1, 0.15) is 11.5 Å². The van der Waals surface area contributed by atoms with E-state index in [1.54, 1.807) is 13.2 Å². The number of ether oxygens (including phenoxy) is 1. The summed E-state index contributed by atoms with van der Waals surface area (Å²) in [6, 6.07) is 11.7. The first-order valence-corrected chi connectivity index (χ1v) is 6.20. The molecule has 2 rings (SSSR count). The summed E-state index contributed by atoms with van der Waals surface area (Å²) in [5.74, 6) is 1.04. The number of aromatic nitrogens is 1. The summed E-state index contributed by atoms with van der Waals surface area (Å²) in [4.78, 5) is 4.14. The van der Waals surface area contributed by atoms with Gasteiger partial charge in [0.15, 0.2) is 0 Å². The van der Waals surface area contributed by atoms with Gasteiger partial charge < -0.3 is 15.2 Å². The fourth-order valence-corrected chi connectivity index (χ4v) is 1.79. The Morgan fingerprint density at radius 1 is 1.21 bits per heavy atom. The van der Waals surface area contributed by atoms with Crippen molar-refractivity contribution in [3.05, 3.63) is 53.9 Å². The van der Waals surface area contributed by atoms with Gasteiger partial charge in [-0.25, -0.2) is 0 Å². The molecule has 0 aliphatic carbocycles. The molecule has 19 heavy (non-hydrogen) atoms. The summed E-state index contributed by atoms with van der Waals surface area (Å²) in [7, 11) is 1.66. The molecule has 0 spiro atoms.